The Morgan fingerprint density at radius 2 is 2.05 bits per heavy atom. The number of hydrogen-bond acceptors (Lipinski definition) is 3. The standard InChI is InChI=1S/C14H19FN2O4/c1-8(2)12(7-21-3)17-14(20)16-11-6-9(15)4-5-10(11)13(18)19/h4-6,8,12H,7H2,1-3H3,(H,18,19)(H2,16,17,20). The van der Waals surface area contributed by atoms with E-state index in [-0.39, 0.29) is 23.2 Å². The molecule has 0 aliphatic heterocycles. The van der Waals surface area contributed by atoms with E-state index in [1.54, 1.807) is 0 Å². The van der Waals surface area contributed by atoms with Gasteiger partial charge >= 0.3 is 12.0 Å². The second-order valence-electron chi connectivity index (χ2n) is 4.90. The first-order valence-electron chi connectivity index (χ1n) is 6.44. The second kappa shape index (κ2) is 7.58. The van der Waals surface area contributed by atoms with Crippen molar-refractivity contribution < 1.29 is 23.8 Å². The molecule has 0 aliphatic rings. The lowest BCUT2D eigenvalue weighted by molar-refractivity contribution is 0.0698. The highest BCUT2D eigenvalue weighted by atomic mass is 19.1. The van der Waals surface area contributed by atoms with E-state index >= 15 is 0 Å². The van der Waals surface area contributed by atoms with E-state index in [0.29, 0.717) is 6.61 Å². The minimum Gasteiger partial charge on any atom is -0.478 e. The number of carboxylic acid groups (broad SMARTS) is 1. The Morgan fingerprint density at radius 3 is 2.57 bits per heavy atom. The van der Waals surface area contributed by atoms with Gasteiger partial charge in [0, 0.05) is 7.11 Å². The third-order valence-corrected chi connectivity index (χ3v) is 2.93. The van der Waals surface area contributed by atoms with Gasteiger partial charge in [0.25, 0.3) is 0 Å². The van der Waals surface area contributed by atoms with E-state index in [2.05, 4.69) is 10.6 Å². The molecule has 0 spiro atoms. The van der Waals surface area contributed by atoms with E-state index in [1.165, 1.54) is 7.11 Å². The van der Waals surface area contributed by atoms with Crippen LogP contribution in [0.1, 0.15) is 24.2 Å². The fraction of sp³-hybridized carbons (Fsp3) is 0.429. The van der Waals surface area contributed by atoms with Crippen LogP contribution in [0.5, 0.6) is 0 Å². The van der Waals surface area contributed by atoms with Crippen molar-refractivity contribution in [3.8, 4) is 0 Å². The molecule has 21 heavy (non-hydrogen) atoms. The number of anilines is 1. The summed E-state index contributed by atoms with van der Waals surface area (Å²) in [6, 6.07) is 2.23. The lowest BCUT2D eigenvalue weighted by Crippen LogP contribution is -2.43. The number of benzene rings is 1. The molecule has 0 aliphatic carbocycles. The number of rotatable bonds is 6. The lowest BCUT2D eigenvalue weighted by atomic mass is 10.1. The summed E-state index contributed by atoms with van der Waals surface area (Å²) in [6.45, 7) is 4.14. The Hall–Kier alpha value is -2.15. The maximum absolute atomic E-state index is 13.2. The zero-order chi connectivity index (χ0) is 16.0. The number of methoxy groups -OCH3 is 1. The molecule has 1 rings (SSSR count). The van der Waals surface area contributed by atoms with Gasteiger partial charge in [-0.2, -0.15) is 0 Å². The molecule has 0 aromatic heterocycles. The summed E-state index contributed by atoms with van der Waals surface area (Å²) in [6.07, 6.45) is 0. The Bertz CT molecular complexity index is 520. The van der Waals surface area contributed by atoms with Crippen LogP contribution in [0.15, 0.2) is 18.2 Å². The van der Waals surface area contributed by atoms with Gasteiger partial charge in [0.2, 0.25) is 0 Å². The van der Waals surface area contributed by atoms with Crippen LogP contribution in [-0.4, -0.2) is 36.9 Å². The molecule has 1 atom stereocenters. The molecule has 0 saturated carbocycles. The van der Waals surface area contributed by atoms with Gasteiger partial charge in [0.15, 0.2) is 0 Å². The van der Waals surface area contributed by atoms with E-state index in [9.17, 15) is 14.0 Å². The zero-order valence-corrected chi connectivity index (χ0v) is 12.1. The van der Waals surface area contributed by atoms with Crippen molar-refractivity contribution in [2.24, 2.45) is 5.92 Å². The molecule has 1 unspecified atom stereocenters. The average molecular weight is 298 g/mol. The van der Waals surface area contributed by atoms with Crippen LogP contribution in [0.2, 0.25) is 0 Å². The number of carboxylic acids is 1. The predicted octanol–water partition coefficient (Wildman–Crippen LogP) is 2.32. The maximum Gasteiger partial charge on any atom is 0.337 e. The van der Waals surface area contributed by atoms with Gasteiger partial charge in [-0.1, -0.05) is 13.8 Å². The number of halogens is 1. The molecule has 2 amide bonds. The van der Waals surface area contributed by atoms with Crippen molar-refractivity contribution in [1.82, 2.24) is 5.32 Å². The highest BCUT2D eigenvalue weighted by Gasteiger charge is 2.18. The van der Waals surface area contributed by atoms with Crippen LogP contribution in [0.25, 0.3) is 0 Å². The third-order valence-electron chi connectivity index (χ3n) is 2.93. The van der Waals surface area contributed by atoms with Crippen molar-refractivity contribution in [3.63, 3.8) is 0 Å². The molecule has 0 heterocycles. The average Bonchev–Trinajstić information content (AvgIpc) is 2.37. The first kappa shape index (κ1) is 16.9. The molecular formula is C14H19FN2O4. The number of urea groups is 1. The number of ether oxygens (including phenoxy) is 1. The largest absolute Gasteiger partial charge is 0.478 e. The molecule has 116 valence electrons. The van der Waals surface area contributed by atoms with Gasteiger partial charge in [-0.25, -0.2) is 14.0 Å². The summed E-state index contributed by atoms with van der Waals surface area (Å²) in [5.41, 5.74) is -0.278. The quantitative estimate of drug-likeness (QED) is 0.752. The van der Waals surface area contributed by atoms with Gasteiger partial charge in [0.05, 0.1) is 23.9 Å². The summed E-state index contributed by atoms with van der Waals surface area (Å²) in [7, 11) is 1.52. The van der Waals surface area contributed by atoms with Crippen LogP contribution in [0, 0.1) is 11.7 Å². The molecule has 6 nitrogen and oxygen atoms in total. The molecule has 7 heteroatoms. The molecule has 3 N–H and O–H groups in total. The fourth-order valence-corrected chi connectivity index (χ4v) is 1.71. The Labute approximate surface area is 122 Å². The van der Waals surface area contributed by atoms with Gasteiger partial charge in [-0.3, -0.25) is 0 Å². The van der Waals surface area contributed by atoms with Crippen molar-refractivity contribution in [2.75, 3.05) is 19.0 Å². The number of carbonyl (C=O) groups is 2. The number of hydrogen-bond donors (Lipinski definition) is 3. The van der Waals surface area contributed by atoms with Crippen LogP contribution < -0.4 is 10.6 Å². The molecule has 1 aromatic rings. The minimum atomic E-state index is -1.25. The maximum atomic E-state index is 13.2. The van der Waals surface area contributed by atoms with E-state index in [0.717, 1.165) is 18.2 Å². The lowest BCUT2D eigenvalue weighted by Gasteiger charge is -2.22. The smallest absolute Gasteiger partial charge is 0.337 e. The van der Waals surface area contributed by atoms with E-state index < -0.39 is 17.8 Å². The molecule has 0 radical (unpaired) electrons. The summed E-state index contributed by atoms with van der Waals surface area (Å²) in [5.74, 6) is -1.75. The number of aromatic carboxylic acids is 1. The summed E-state index contributed by atoms with van der Waals surface area (Å²) in [5, 5.41) is 14.0. The van der Waals surface area contributed by atoms with E-state index in [4.69, 9.17) is 9.84 Å². The summed E-state index contributed by atoms with van der Waals surface area (Å²) < 4.78 is 18.2. The van der Waals surface area contributed by atoms with Crippen LogP contribution in [0.3, 0.4) is 0 Å². The van der Waals surface area contributed by atoms with Crippen LogP contribution in [-0.2, 0) is 4.74 Å². The molecule has 0 bridgehead atoms. The Morgan fingerprint density at radius 1 is 1.38 bits per heavy atom. The van der Waals surface area contributed by atoms with Gasteiger partial charge in [-0.15, -0.1) is 0 Å². The van der Waals surface area contributed by atoms with E-state index in [1.807, 2.05) is 13.8 Å². The third kappa shape index (κ3) is 5.03. The SMILES string of the molecule is COCC(NC(=O)Nc1cc(F)ccc1C(=O)O)C(C)C. The van der Waals surface area contributed by atoms with Crippen LogP contribution >= 0.6 is 0 Å². The Balaban J connectivity index is 2.83. The molecule has 0 fully saturated rings. The van der Waals surface area contributed by atoms with Gasteiger partial charge < -0.3 is 20.5 Å². The topological polar surface area (TPSA) is 87.7 Å². The fourth-order valence-electron chi connectivity index (χ4n) is 1.71. The second-order valence-corrected chi connectivity index (χ2v) is 4.90. The highest BCUT2D eigenvalue weighted by Crippen LogP contribution is 2.17. The van der Waals surface area contributed by atoms with Crippen LogP contribution in [0.4, 0.5) is 14.9 Å². The normalized spacial score (nSPS) is 12.0. The van der Waals surface area contributed by atoms with Crippen molar-refractivity contribution in [2.45, 2.75) is 19.9 Å². The van der Waals surface area contributed by atoms with Crippen molar-refractivity contribution in [3.05, 3.63) is 29.6 Å². The molecule has 1 aromatic carbocycles. The van der Waals surface area contributed by atoms with Crippen molar-refractivity contribution in [1.29, 1.82) is 0 Å². The zero-order valence-electron chi connectivity index (χ0n) is 12.1. The molecular weight excluding hydrogens is 279 g/mol. The summed E-state index contributed by atoms with van der Waals surface area (Å²) >= 11 is 0. The Kier molecular flexibility index (Phi) is 6.10. The predicted molar refractivity (Wildman–Crippen MR) is 76.0 cm³/mol. The monoisotopic (exact) mass is 298 g/mol. The summed E-state index contributed by atoms with van der Waals surface area (Å²) in [4.78, 5) is 22.9. The first-order chi connectivity index (χ1) is 9.85. The van der Waals surface area contributed by atoms with Gasteiger partial charge in [-0.05, 0) is 24.1 Å². The first-order valence-corrected chi connectivity index (χ1v) is 6.44. The highest BCUT2D eigenvalue weighted by molar-refractivity contribution is 6.00. The van der Waals surface area contributed by atoms with Crippen molar-refractivity contribution >= 4 is 17.7 Å². The minimum absolute atomic E-state index is 0.0973. The molecule has 0 saturated heterocycles. The van der Waals surface area contributed by atoms with Gasteiger partial charge in [0.1, 0.15) is 5.82 Å². The number of nitrogens with one attached hydrogen (secondary N) is 2. The number of amides is 2. The number of carbonyl (C=O) groups excluding carboxylic acids is 1.